The minimum Gasteiger partial charge on any atom is -0.464 e. The molecule has 1 N–H and O–H groups in total. The summed E-state index contributed by atoms with van der Waals surface area (Å²) in [6.07, 6.45) is 2.17. The van der Waals surface area contributed by atoms with Crippen LogP contribution in [0.5, 0.6) is 0 Å². The molecule has 2 fully saturated rings. The molecule has 6 rings (SSSR count). The van der Waals surface area contributed by atoms with Crippen LogP contribution in [-0.4, -0.2) is 59.7 Å². The van der Waals surface area contributed by atoms with Crippen molar-refractivity contribution >= 4 is 34.4 Å². The molecule has 3 amide bonds. The lowest BCUT2D eigenvalue weighted by Gasteiger charge is -2.36. The number of fused-ring (bicyclic) bond motifs is 2. The first kappa shape index (κ1) is 21.8. The van der Waals surface area contributed by atoms with E-state index in [0.717, 1.165) is 30.6 Å². The molecule has 35 heavy (non-hydrogen) atoms. The lowest BCUT2D eigenvalue weighted by molar-refractivity contribution is -0.136. The van der Waals surface area contributed by atoms with Gasteiger partial charge in [0.1, 0.15) is 17.4 Å². The van der Waals surface area contributed by atoms with Gasteiger partial charge in [0, 0.05) is 56.6 Å². The first-order valence-electron chi connectivity index (χ1n) is 11.9. The highest BCUT2D eigenvalue weighted by molar-refractivity contribution is 6.05. The molecule has 1 atom stereocenters. The number of hydrogen-bond acceptors (Lipinski definition) is 6. The standard InChI is InChI=1S/C26H25FN4O4/c27-20-13-19-18(15-31(26(19)34)21-2-4-24(32)28-25(21)33)12-22(20)30-8-6-29(7-9-30)14-16-1-3-23-17(11-16)5-10-35-23/h1,3,5,10-13,21H,2,4,6-9,14-15H2,(H,28,32,33). The van der Waals surface area contributed by atoms with Gasteiger partial charge in [0.15, 0.2) is 0 Å². The first-order chi connectivity index (χ1) is 17.0. The molecule has 0 radical (unpaired) electrons. The van der Waals surface area contributed by atoms with E-state index < -0.39 is 17.8 Å². The summed E-state index contributed by atoms with van der Waals surface area (Å²) in [5, 5.41) is 3.38. The molecule has 1 aromatic heterocycles. The number of rotatable bonds is 4. The quantitative estimate of drug-likeness (QED) is 0.583. The summed E-state index contributed by atoms with van der Waals surface area (Å²) >= 11 is 0. The Balaban J connectivity index is 1.13. The van der Waals surface area contributed by atoms with E-state index in [9.17, 15) is 14.4 Å². The van der Waals surface area contributed by atoms with E-state index in [1.54, 1.807) is 12.3 Å². The Labute approximate surface area is 201 Å². The molecule has 3 aliphatic heterocycles. The van der Waals surface area contributed by atoms with Gasteiger partial charge in [-0.2, -0.15) is 0 Å². The lowest BCUT2D eigenvalue weighted by atomic mass is 10.0. The number of benzene rings is 2. The number of hydrogen-bond donors (Lipinski definition) is 1. The molecule has 2 aromatic carbocycles. The van der Waals surface area contributed by atoms with Gasteiger partial charge >= 0.3 is 0 Å². The summed E-state index contributed by atoms with van der Waals surface area (Å²) < 4.78 is 20.5. The van der Waals surface area contributed by atoms with Crippen molar-refractivity contribution in [1.82, 2.24) is 15.1 Å². The maximum absolute atomic E-state index is 15.1. The van der Waals surface area contributed by atoms with Gasteiger partial charge in [-0.3, -0.25) is 24.6 Å². The Morgan fingerprint density at radius 1 is 1.03 bits per heavy atom. The normalized spacial score (nSPS) is 21.1. The van der Waals surface area contributed by atoms with E-state index in [0.29, 0.717) is 29.9 Å². The molecule has 1 unspecified atom stereocenters. The van der Waals surface area contributed by atoms with Crippen LogP contribution in [0.2, 0.25) is 0 Å². The van der Waals surface area contributed by atoms with Crippen LogP contribution in [-0.2, 0) is 22.7 Å². The van der Waals surface area contributed by atoms with E-state index in [1.165, 1.54) is 16.5 Å². The minimum absolute atomic E-state index is 0.191. The first-order valence-corrected chi connectivity index (χ1v) is 11.9. The second kappa shape index (κ2) is 8.49. The van der Waals surface area contributed by atoms with Crippen molar-refractivity contribution in [2.75, 3.05) is 31.1 Å². The number of nitrogens with one attached hydrogen (secondary N) is 1. The number of piperidine rings is 1. The van der Waals surface area contributed by atoms with Crippen LogP contribution in [0.3, 0.4) is 0 Å². The number of carbonyl (C=O) groups is 3. The van der Waals surface area contributed by atoms with Gasteiger partial charge in [-0.15, -0.1) is 0 Å². The summed E-state index contributed by atoms with van der Waals surface area (Å²) in [5.74, 6) is -1.59. The third-order valence-electron chi connectivity index (χ3n) is 7.23. The Hall–Kier alpha value is -3.72. The van der Waals surface area contributed by atoms with Crippen molar-refractivity contribution in [2.24, 2.45) is 0 Å². The van der Waals surface area contributed by atoms with E-state index >= 15 is 4.39 Å². The molecule has 2 saturated heterocycles. The van der Waals surface area contributed by atoms with Crippen molar-refractivity contribution in [3.8, 4) is 0 Å². The summed E-state index contributed by atoms with van der Waals surface area (Å²) in [4.78, 5) is 42.5. The number of anilines is 1. The molecule has 4 heterocycles. The van der Waals surface area contributed by atoms with Crippen LogP contribution in [0, 0.1) is 5.82 Å². The topological polar surface area (TPSA) is 86.1 Å². The van der Waals surface area contributed by atoms with Gasteiger partial charge in [0.05, 0.1) is 12.0 Å². The number of piperazine rings is 1. The van der Waals surface area contributed by atoms with Crippen LogP contribution in [0.1, 0.15) is 34.3 Å². The molecule has 3 aromatic rings. The fourth-order valence-electron chi connectivity index (χ4n) is 5.34. The number of furan rings is 1. The number of halogens is 1. The van der Waals surface area contributed by atoms with Gasteiger partial charge in [-0.05, 0) is 47.9 Å². The Bertz CT molecular complexity index is 1340. The summed E-state index contributed by atoms with van der Waals surface area (Å²) in [5.41, 5.74) is 3.58. The molecule has 0 bridgehead atoms. The second-order valence-corrected chi connectivity index (χ2v) is 9.42. The van der Waals surface area contributed by atoms with Gasteiger partial charge in [0.2, 0.25) is 11.8 Å². The van der Waals surface area contributed by atoms with Crippen molar-refractivity contribution in [3.05, 3.63) is 65.2 Å². The number of nitrogens with zero attached hydrogens (tertiary/aromatic N) is 3. The largest absolute Gasteiger partial charge is 0.464 e. The predicted molar refractivity (Wildman–Crippen MR) is 126 cm³/mol. The fourth-order valence-corrected chi connectivity index (χ4v) is 5.34. The number of carbonyl (C=O) groups excluding carboxylic acids is 3. The van der Waals surface area contributed by atoms with E-state index in [1.807, 2.05) is 17.0 Å². The smallest absolute Gasteiger partial charge is 0.255 e. The fraction of sp³-hybridized carbons (Fsp3) is 0.346. The molecule has 180 valence electrons. The minimum atomic E-state index is -0.705. The van der Waals surface area contributed by atoms with Crippen molar-refractivity contribution in [3.63, 3.8) is 0 Å². The average Bonchev–Trinajstić information content (AvgIpc) is 3.43. The van der Waals surface area contributed by atoms with Gasteiger partial charge < -0.3 is 14.2 Å². The van der Waals surface area contributed by atoms with Crippen LogP contribution in [0.15, 0.2) is 47.1 Å². The molecule has 3 aliphatic rings. The predicted octanol–water partition coefficient (Wildman–Crippen LogP) is 2.66. The zero-order valence-electron chi connectivity index (χ0n) is 19.1. The molecular weight excluding hydrogens is 451 g/mol. The summed E-state index contributed by atoms with van der Waals surface area (Å²) in [7, 11) is 0. The Morgan fingerprint density at radius 3 is 2.66 bits per heavy atom. The van der Waals surface area contributed by atoms with Crippen LogP contribution >= 0.6 is 0 Å². The maximum atomic E-state index is 15.1. The molecule has 0 spiro atoms. The van der Waals surface area contributed by atoms with E-state index in [-0.39, 0.29) is 31.2 Å². The highest BCUT2D eigenvalue weighted by atomic mass is 19.1. The van der Waals surface area contributed by atoms with E-state index in [4.69, 9.17) is 4.42 Å². The van der Waals surface area contributed by atoms with Gasteiger partial charge in [0.25, 0.3) is 5.91 Å². The van der Waals surface area contributed by atoms with Gasteiger partial charge in [-0.25, -0.2) is 4.39 Å². The Morgan fingerprint density at radius 2 is 1.86 bits per heavy atom. The lowest BCUT2D eigenvalue weighted by Crippen LogP contribution is -2.52. The van der Waals surface area contributed by atoms with Crippen LogP contribution in [0.25, 0.3) is 11.0 Å². The SMILES string of the molecule is O=C1CCC(N2Cc3cc(N4CCN(Cc5ccc6occc6c5)CC4)c(F)cc3C2=O)C(=O)N1. The van der Waals surface area contributed by atoms with Gasteiger partial charge in [-0.1, -0.05) is 6.07 Å². The van der Waals surface area contributed by atoms with E-state index in [2.05, 4.69) is 22.3 Å². The Kier molecular flexibility index (Phi) is 5.29. The summed E-state index contributed by atoms with van der Waals surface area (Å²) in [6, 6.07) is 10.5. The maximum Gasteiger partial charge on any atom is 0.255 e. The zero-order valence-corrected chi connectivity index (χ0v) is 19.1. The van der Waals surface area contributed by atoms with Crippen molar-refractivity contribution in [1.29, 1.82) is 0 Å². The molecule has 8 nitrogen and oxygen atoms in total. The molecular formula is C26H25FN4O4. The van der Waals surface area contributed by atoms with Crippen molar-refractivity contribution in [2.45, 2.75) is 32.0 Å². The number of amides is 3. The van der Waals surface area contributed by atoms with Crippen LogP contribution in [0.4, 0.5) is 10.1 Å². The second-order valence-electron chi connectivity index (χ2n) is 9.42. The van der Waals surface area contributed by atoms with Crippen LogP contribution < -0.4 is 10.2 Å². The number of imide groups is 1. The highest BCUT2D eigenvalue weighted by Gasteiger charge is 2.40. The monoisotopic (exact) mass is 476 g/mol. The molecule has 0 saturated carbocycles. The highest BCUT2D eigenvalue weighted by Crippen LogP contribution is 2.33. The summed E-state index contributed by atoms with van der Waals surface area (Å²) in [6.45, 7) is 3.99. The average molecular weight is 477 g/mol. The molecule has 0 aliphatic carbocycles. The van der Waals surface area contributed by atoms with Crippen molar-refractivity contribution < 1.29 is 23.2 Å². The molecule has 9 heteroatoms. The third kappa shape index (κ3) is 3.95. The zero-order chi connectivity index (χ0) is 24.1. The third-order valence-corrected chi connectivity index (χ3v) is 7.23.